The Kier molecular flexibility index (Phi) is 22.5. The van der Waals surface area contributed by atoms with Crippen LogP contribution in [-0.2, 0) is 21.7 Å². The summed E-state index contributed by atoms with van der Waals surface area (Å²) in [6, 6.07) is 0. The number of hydrogen-bond acceptors (Lipinski definition) is 4. The minimum atomic E-state index is -0.728. The van der Waals surface area contributed by atoms with E-state index in [-0.39, 0.29) is 33.9 Å². The molecule has 17 heavy (non-hydrogen) atoms. The third-order valence-corrected chi connectivity index (χ3v) is 0.795. The van der Waals surface area contributed by atoms with E-state index in [2.05, 4.69) is 0 Å². The van der Waals surface area contributed by atoms with Gasteiger partial charge in [-0.1, -0.05) is 0 Å². The summed E-state index contributed by atoms with van der Waals surface area (Å²) in [5.74, 6) is 0. The van der Waals surface area contributed by atoms with Gasteiger partial charge < -0.3 is 20.4 Å². The first-order valence-corrected chi connectivity index (χ1v) is 5.65. The molecular weight excluding hydrogens is 256 g/mol. The summed E-state index contributed by atoms with van der Waals surface area (Å²) in [7, 11) is 0. The summed E-state index contributed by atoms with van der Waals surface area (Å²) in [6.07, 6.45) is -0.303. The number of aliphatic hydroxyl groups excluding tert-OH is 3. The molecule has 4 nitrogen and oxygen atoms in total. The smallest absolute Gasteiger partial charge is 0.0616 e. The van der Waals surface area contributed by atoms with Gasteiger partial charge in [0.15, 0.2) is 0 Å². The standard InChI is InChI=1S/C6H14O2.2C3H8O.Ti/c1-5(7)4-6(2,3)8;2*1-3(2)4;/h5,7-8H,4H2,1-3H3;2*3-4H,1-2H3;. The summed E-state index contributed by atoms with van der Waals surface area (Å²) < 4.78 is 0. The summed E-state index contributed by atoms with van der Waals surface area (Å²) in [6.45, 7) is 11.9. The van der Waals surface area contributed by atoms with Gasteiger partial charge in [0.25, 0.3) is 0 Å². The fourth-order valence-corrected chi connectivity index (χ4v) is 0.723. The molecule has 0 spiro atoms. The minimum Gasteiger partial charge on any atom is -0.394 e. The molecule has 0 saturated carbocycles. The molecule has 0 rings (SSSR count). The van der Waals surface area contributed by atoms with Crippen LogP contribution in [0.15, 0.2) is 0 Å². The second-order valence-electron chi connectivity index (χ2n) is 5.05. The predicted molar refractivity (Wildman–Crippen MR) is 67.3 cm³/mol. The maximum atomic E-state index is 9.03. The zero-order valence-electron chi connectivity index (χ0n) is 12.2. The van der Waals surface area contributed by atoms with Gasteiger partial charge in [0.2, 0.25) is 0 Å². The monoisotopic (exact) mass is 286 g/mol. The van der Waals surface area contributed by atoms with E-state index in [0.717, 1.165) is 0 Å². The molecule has 4 N–H and O–H groups in total. The maximum absolute atomic E-state index is 9.03. The number of aliphatic hydroxyl groups is 4. The van der Waals surface area contributed by atoms with Crippen molar-refractivity contribution in [3.63, 3.8) is 0 Å². The van der Waals surface area contributed by atoms with Crippen LogP contribution < -0.4 is 0 Å². The molecule has 0 bridgehead atoms. The van der Waals surface area contributed by atoms with E-state index in [4.69, 9.17) is 20.4 Å². The molecule has 0 saturated heterocycles. The van der Waals surface area contributed by atoms with Crippen LogP contribution in [-0.4, -0.2) is 44.3 Å². The van der Waals surface area contributed by atoms with Crippen molar-refractivity contribution in [1.29, 1.82) is 0 Å². The molecular formula is C12H30O4Ti. The first-order chi connectivity index (χ1) is 6.88. The van der Waals surface area contributed by atoms with Crippen molar-refractivity contribution < 1.29 is 42.1 Å². The van der Waals surface area contributed by atoms with Crippen molar-refractivity contribution in [2.75, 3.05) is 0 Å². The fourth-order valence-electron chi connectivity index (χ4n) is 0.723. The molecule has 106 valence electrons. The van der Waals surface area contributed by atoms with Crippen LogP contribution in [0.3, 0.4) is 0 Å². The first kappa shape index (κ1) is 26.2. The fraction of sp³-hybridized carbons (Fsp3) is 1.00. The van der Waals surface area contributed by atoms with Gasteiger partial charge in [-0.05, 0) is 48.5 Å². The van der Waals surface area contributed by atoms with Crippen molar-refractivity contribution in [3.8, 4) is 0 Å². The zero-order valence-corrected chi connectivity index (χ0v) is 13.8. The zero-order chi connectivity index (χ0) is 13.9. The molecule has 0 aliphatic heterocycles. The van der Waals surface area contributed by atoms with Crippen LogP contribution in [0, 0.1) is 0 Å². The Morgan fingerprint density at radius 2 is 1.00 bits per heavy atom. The second-order valence-corrected chi connectivity index (χ2v) is 5.05. The maximum Gasteiger partial charge on any atom is 0.0616 e. The van der Waals surface area contributed by atoms with Gasteiger partial charge in [0.1, 0.15) is 0 Å². The van der Waals surface area contributed by atoms with Gasteiger partial charge in [0, 0.05) is 40.3 Å². The van der Waals surface area contributed by atoms with Crippen molar-refractivity contribution >= 4 is 0 Å². The Hall–Kier alpha value is 0.554. The van der Waals surface area contributed by atoms with Crippen LogP contribution >= 0.6 is 0 Å². The summed E-state index contributed by atoms with van der Waals surface area (Å²) >= 11 is 0. The van der Waals surface area contributed by atoms with Gasteiger partial charge in [-0.3, -0.25) is 0 Å². The van der Waals surface area contributed by atoms with Crippen LogP contribution in [0.4, 0.5) is 0 Å². The normalized spacial score (nSPS) is 11.8. The van der Waals surface area contributed by atoms with E-state index >= 15 is 0 Å². The van der Waals surface area contributed by atoms with Crippen molar-refractivity contribution in [2.24, 2.45) is 0 Å². The Balaban J connectivity index is -0.0000000806. The van der Waals surface area contributed by atoms with E-state index in [9.17, 15) is 0 Å². The Morgan fingerprint density at radius 1 is 0.824 bits per heavy atom. The van der Waals surface area contributed by atoms with Crippen LogP contribution in [0.5, 0.6) is 0 Å². The SMILES string of the molecule is CC(C)O.CC(C)O.CC(O)CC(C)(C)O.[Ti]. The Bertz CT molecular complexity index is 119. The third kappa shape index (κ3) is 114. The van der Waals surface area contributed by atoms with Crippen molar-refractivity contribution in [1.82, 2.24) is 0 Å². The summed E-state index contributed by atoms with van der Waals surface area (Å²) in [5.41, 5.74) is -0.728. The molecule has 0 aromatic heterocycles. The molecule has 1 atom stereocenters. The molecule has 0 aliphatic rings. The third-order valence-electron chi connectivity index (χ3n) is 0.795. The average Bonchev–Trinajstić information content (AvgIpc) is 1.74. The minimum absolute atomic E-state index is 0. The van der Waals surface area contributed by atoms with Gasteiger partial charge in [-0.15, -0.1) is 0 Å². The summed E-state index contributed by atoms with van der Waals surface area (Å²) in [5, 5.41) is 33.9. The number of hydrogen-bond donors (Lipinski definition) is 4. The summed E-state index contributed by atoms with van der Waals surface area (Å²) in [4.78, 5) is 0. The molecule has 0 aromatic carbocycles. The van der Waals surface area contributed by atoms with Gasteiger partial charge in [-0.25, -0.2) is 0 Å². The molecule has 0 fully saturated rings. The van der Waals surface area contributed by atoms with E-state index in [1.54, 1.807) is 48.5 Å². The predicted octanol–water partition coefficient (Wildman–Crippen LogP) is 1.30. The van der Waals surface area contributed by atoms with E-state index in [1.807, 2.05) is 0 Å². The average molecular weight is 286 g/mol. The Morgan fingerprint density at radius 3 is 1.00 bits per heavy atom. The largest absolute Gasteiger partial charge is 0.394 e. The number of rotatable bonds is 2. The van der Waals surface area contributed by atoms with E-state index in [0.29, 0.717) is 6.42 Å². The molecule has 0 aromatic rings. The molecule has 0 aliphatic carbocycles. The topological polar surface area (TPSA) is 80.9 Å². The van der Waals surface area contributed by atoms with Gasteiger partial charge >= 0.3 is 0 Å². The molecule has 1 unspecified atom stereocenters. The second kappa shape index (κ2) is 14.6. The van der Waals surface area contributed by atoms with Crippen molar-refractivity contribution in [2.45, 2.75) is 78.8 Å². The molecule has 0 amide bonds. The quantitative estimate of drug-likeness (QED) is 0.577. The first-order valence-electron chi connectivity index (χ1n) is 5.65. The van der Waals surface area contributed by atoms with E-state index in [1.165, 1.54) is 0 Å². The Labute approximate surface area is 121 Å². The molecule has 0 radical (unpaired) electrons. The van der Waals surface area contributed by atoms with Crippen LogP contribution in [0.2, 0.25) is 0 Å². The van der Waals surface area contributed by atoms with Gasteiger partial charge in [-0.2, -0.15) is 0 Å². The van der Waals surface area contributed by atoms with Crippen molar-refractivity contribution in [3.05, 3.63) is 0 Å². The van der Waals surface area contributed by atoms with E-state index < -0.39 is 11.7 Å². The molecule has 5 heteroatoms. The van der Waals surface area contributed by atoms with Crippen LogP contribution in [0.1, 0.15) is 54.9 Å². The van der Waals surface area contributed by atoms with Crippen LogP contribution in [0.25, 0.3) is 0 Å². The van der Waals surface area contributed by atoms with Gasteiger partial charge in [0.05, 0.1) is 11.7 Å². The molecule has 0 heterocycles.